The number of nitrogens with zero attached hydrogens (tertiary/aromatic N) is 1. The molecule has 0 aliphatic carbocycles. The van der Waals surface area contributed by atoms with Gasteiger partial charge in [0.2, 0.25) is 0 Å². The second kappa shape index (κ2) is 8.50. The molecule has 0 aliphatic heterocycles. The number of hydrogen-bond acceptors (Lipinski definition) is 1. The fourth-order valence-electron chi connectivity index (χ4n) is 0.763. The fraction of sp³-hybridized carbons (Fsp3) is 0.857. The van der Waals surface area contributed by atoms with Gasteiger partial charge in [0.05, 0.1) is 0 Å². The molecule has 0 heterocycles. The monoisotopic (exact) mass is 192 g/mol. The quantitative estimate of drug-likeness (QED) is 0.569. The average molecular weight is 191 g/mol. The third-order valence-electron chi connectivity index (χ3n) is 1.37. The van der Waals surface area contributed by atoms with Gasteiger partial charge in [0.1, 0.15) is 0 Å². The van der Waals surface area contributed by atoms with Gasteiger partial charge in [-0.15, -0.1) is 0 Å². The minimum absolute atomic E-state index is 0. The first-order chi connectivity index (χ1) is 3.85. The van der Waals surface area contributed by atoms with E-state index in [-0.39, 0.29) is 17.6 Å². The Kier molecular flexibility index (Phi) is 11.5. The normalized spacial score (nSPS) is 9.33. The van der Waals surface area contributed by atoms with Gasteiger partial charge < -0.3 is 4.90 Å². The average Bonchev–Trinajstić information content (AvgIpc) is 1.83. The summed E-state index contributed by atoms with van der Waals surface area (Å²) in [4.78, 5) is 2.37. The maximum atomic E-state index is 3.78. The second-order valence-corrected chi connectivity index (χ2v) is 1.88. The van der Waals surface area contributed by atoms with Crippen LogP contribution in [0.1, 0.15) is 20.3 Å². The molecule has 0 aromatic heterocycles. The molecule has 0 atom stereocenters. The molecular weight excluding hydrogens is 171 g/mol. The van der Waals surface area contributed by atoms with Crippen molar-refractivity contribution in [2.45, 2.75) is 20.3 Å². The van der Waals surface area contributed by atoms with Crippen LogP contribution in [-0.4, -0.2) is 42.1 Å². The molecule has 0 aliphatic rings. The molecule has 1 nitrogen and oxygen atoms in total. The van der Waals surface area contributed by atoms with E-state index in [0.717, 1.165) is 26.1 Å². The van der Waals surface area contributed by atoms with Gasteiger partial charge in [-0.1, -0.05) is 20.8 Å². The first-order valence-electron chi connectivity index (χ1n) is 3.36. The molecule has 0 fully saturated rings. The van der Waals surface area contributed by atoms with E-state index in [0.29, 0.717) is 0 Å². The van der Waals surface area contributed by atoms with Crippen molar-refractivity contribution in [3.05, 3.63) is 6.92 Å². The molecule has 0 bridgehead atoms. The summed E-state index contributed by atoms with van der Waals surface area (Å²) in [6.45, 7) is 11.6. The maximum absolute atomic E-state index is 3.78. The first kappa shape index (κ1) is 12.2. The van der Waals surface area contributed by atoms with Crippen LogP contribution in [0.4, 0.5) is 0 Å². The van der Waals surface area contributed by atoms with Crippen molar-refractivity contribution >= 4 is 17.6 Å². The second-order valence-electron chi connectivity index (χ2n) is 1.88. The van der Waals surface area contributed by atoms with E-state index in [9.17, 15) is 0 Å². The van der Waals surface area contributed by atoms with Crippen LogP contribution in [-0.2, 0) is 0 Å². The predicted octanol–water partition coefficient (Wildman–Crippen LogP) is 0.101. The molecule has 0 amide bonds. The molecule has 0 spiro atoms. The van der Waals surface area contributed by atoms with Crippen molar-refractivity contribution in [3.8, 4) is 0 Å². The van der Waals surface area contributed by atoms with Crippen molar-refractivity contribution in [1.82, 2.24) is 4.90 Å². The standard InChI is InChI=1S/C7H16N.GeH4/c1-4-7-8(5-2)6-3;/h1,4-7H2,2-3H3;1H4. The third kappa shape index (κ3) is 6.39. The number of hydrogen-bond donors (Lipinski definition) is 0. The van der Waals surface area contributed by atoms with Crippen molar-refractivity contribution < 1.29 is 0 Å². The molecule has 0 saturated carbocycles. The molecule has 0 N–H and O–H groups in total. The van der Waals surface area contributed by atoms with Gasteiger partial charge >= 0.3 is 17.6 Å². The Morgan fingerprint density at radius 2 is 1.67 bits per heavy atom. The first-order valence-corrected chi connectivity index (χ1v) is 3.36. The van der Waals surface area contributed by atoms with Gasteiger partial charge in [0.15, 0.2) is 0 Å². The van der Waals surface area contributed by atoms with E-state index in [2.05, 4.69) is 25.7 Å². The summed E-state index contributed by atoms with van der Waals surface area (Å²) in [6, 6.07) is 0. The summed E-state index contributed by atoms with van der Waals surface area (Å²) in [5.41, 5.74) is 0. The molecule has 0 rings (SSSR count). The molecule has 0 aromatic rings. The molecule has 0 aromatic carbocycles. The SMILES string of the molecule is [CH2]CCN(CC)CC.[GeH4]. The van der Waals surface area contributed by atoms with Crippen LogP contribution in [0, 0.1) is 6.92 Å². The summed E-state index contributed by atoms with van der Waals surface area (Å²) >= 11 is 0. The summed E-state index contributed by atoms with van der Waals surface area (Å²) < 4.78 is 0. The zero-order valence-electron chi connectivity index (χ0n) is 5.98. The van der Waals surface area contributed by atoms with E-state index in [4.69, 9.17) is 0 Å². The summed E-state index contributed by atoms with van der Waals surface area (Å²) in [6.07, 6.45) is 1.03. The van der Waals surface area contributed by atoms with Gasteiger partial charge in [-0.3, -0.25) is 0 Å². The molecule has 0 saturated heterocycles. The van der Waals surface area contributed by atoms with Crippen LogP contribution in [0.25, 0.3) is 0 Å². The van der Waals surface area contributed by atoms with E-state index in [1.54, 1.807) is 0 Å². The van der Waals surface area contributed by atoms with Gasteiger partial charge in [0.25, 0.3) is 0 Å². The molecular formula is C7H20GeN. The van der Waals surface area contributed by atoms with Crippen molar-refractivity contribution in [3.63, 3.8) is 0 Å². The summed E-state index contributed by atoms with van der Waals surface area (Å²) in [5, 5.41) is 0. The van der Waals surface area contributed by atoms with Gasteiger partial charge in [-0.05, 0) is 26.1 Å². The topological polar surface area (TPSA) is 3.24 Å². The third-order valence-corrected chi connectivity index (χ3v) is 1.37. The zero-order valence-corrected chi connectivity index (χ0v) is 5.98. The van der Waals surface area contributed by atoms with Gasteiger partial charge in [0, 0.05) is 0 Å². The van der Waals surface area contributed by atoms with E-state index < -0.39 is 0 Å². The molecule has 9 heavy (non-hydrogen) atoms. The Hall–Kier alpha value is 0.503. The van der Waals surface area contributed by atoms with Crippen molar-refractivity contribution in [2.24, 2.45) is 0 Å². The van der Waals surface area contributed by atoms with Crippen LogP contribution in [0.2, 0.25) is 0 Å². The Morgan fingerprint density at radius 3 is 1.78 bits per heavy atom. The van der Waals surface area contributed by atoms with Gasteiger partial charge in [-0.2, -0.15) is 0 Å². The minimum atomic E-state index is 0. The molecule has 0 unspecified atom stereocenters. The summed E-state index contributed by atoms with van der Waals surface area (Å²) in [5.74, 6) is 0. The van der Waals surface area contributed by atoms with Crippen LogP contribution in [0.3, 0.4) is 0 Å². The Bertz CT molecular complexity index is 44.2. The van der Waals surface area contributed by atoms with Crippen molar-refractivity contribution in [1.29, 1.82) is 0 Å². The summed E-state index contributed by atoms with van der Waals surface area (Å²) in [7, 11) is 0. The predicted molar refractivity (Wildman–Crippen MR) is 49.1 cm³/mol. The van der Waals surface area contributed by atoms with Crippen LogP contribution < -0.4 is 0 Å². The van der Waals surface area contributed by atoms with Crippen LogP contribution in [0.5, 0.6) is 0 Å². The van der Waals surface area contributed by atoms with Crippen LogP contribution in [0.15, 0.2) is 0 Å². The molecule has 57 valence electrons. The van der Waals surface area contributed by atoms with E-state index in [1.807, 2.05) is 0 Å². The molecule has 1 radical (unpaired) electrons. The zero-order chi connectivity index (χ0) is 6.41. The Labute approximate surface area is 69.8 Å². The van der Waals surface area contributed by atoms with Crippen LogP contribution >= 0.6 is 0 Å². The van der Waals surface area contributed by atoms with E-state index >= 15 is 0 Å². The van der Waals surface area contributed by atoms with Gasteiger partial charge in [-0.25, -0.2) is 0 Å². The number of rotatable bonds is 4. The van der Waals surface area contributed by atoms with E-state index in [1.165, 1.54) is 0 Å². The van der Waals surface area contributed by atoms with Crippen molar-refractivity contribution in [2.75, 3.05) is 19.6 Å². The Morgan fingerprint density at radius 1 is 1.22 bits per heavy atom. The molecule has 2 heteroatoms. The fourth-order valence-corrected chi connectivity index (χ4v) is 0.763. The Balaban J connectivity index is 0.